The highest BCUT2D eigenvalue weighted by atomic mass is 32.1. The molecule has 0 bridgehead atoms. The fourth-order valence-corrected chi connectivity index (χ4v) is 8.90. The molecule has 0 unspecified atom stereocenters. The molecular weight excluding hydrogens is 671 g/mol. The molecule has 254 valence electrons. The van der Waals surface area contributed by atoms with E-state index in [1.165, 1.54) is 75.5 Å². The summed E-state index contributed by atoms with van der Waals surface area (Å²) in [5, 5.41) is 5.16. The van der Waals surface area contributed by atoms with E-state index >= 15 is 0 Å². The molecule has 0 aliphatic heterocycles. The third kappa shape index (κ3) is 5.93. The Morgan fingerprint density at radius 2 is 0.741 bits per heavy atom. The summed E-state index contributed by atoms with van der Waals surface area (Å²) in [6.07, 6.45) is 0. The Morgan fingerprint density at radius 3 is 1.37 bits per heavy atom. The summed E-state index contributed by atoms with van der Waals surface area (Å²) >= 11 is 1.88. The Labute approximate surface area is 319 Å². The van der Waals surface area contributed by atoms with Gasteiger partial charge >= 0.3 is 0 Å². The van der Waals surface area contributed by atoms with Crippen molar-refractivity contribution in [1.29, 1.82) is 0 Å². The average Bonchev–Trinajstić information content (AvgIpc) is 3.64. The number of fused-ring (bicyclic) bond motifs is 5. The van der Waals surface area contributed by atoms with Gasteiger partial charge in [0.05, 0.1) is 0 Å². The Balaban J connectivity index is 1.07. The number of nitrogens with zero attached hydrogens (tertiary/aromatic N) is 1. The van der Waals surface area contributed by atoms with Gasteiger partial charge in [-0.3, -0.25) is 0 Å². The molecule has 54 heavy (non-hydrogen) atoms. The molecule has 1 nitrogen and oxygen atoms in total. The van der Waals surface area contributed by atoms with Crippen LogP contribution in [0.25, 0.3) is 75.5 Å². The standard InChI is InChI=1S/C52H35NS/c1-3-10-36(11-4-1)38-18-20-40(21-19-38)41-26-30-45(31-27-41)53(46-15-9-14-44(34-46)42-24-22-39(23-25-42)37-12-5-2-6-13-37)47-32-28-43-29-33-49-48-16-7-8-17-51(48)54-52(49)50(43)35-47/h1-35H. The van der Waals surface area contributed by atoms with Crippen molar-refractivity contribution in [3.05, 3.63) is 212 Å². The van der Waals surface area contributed by atoms with E-state index in [1.807, 2.05) is 11.3 Å². The molecule has 9 aromatic carbocycles. The van der Waals surface area contributed by atoms with E-state index in [0.717, 1.165) is 17.1 Å². The van der Waals surface area contributed by atoms with Crippen LogP contribution in [0.15, 0.2) is 212 Å². The largest absolute Gasteiger partial charge is 0.310 e. The van der Waals surface area contributed by atoms with Crippen molar-refractivity contribution >= 4 is 59.3 Å². The normalized spacial score (nSPS) is 11.3. The van der Waals surface area contributed by atoms with Crippen LogP contribution in [0.2, 0.25) is 0 Å². The number of anilines is 3. The number of hydrogen-bond acceptors (Lipinski definition) is 2. The van der Waals surface area contributed by atoms with E-state index in [2.05, 4.69) is 217 Å². The molecule has 0 aliphatic rings. The van der Waals surface area contributed by atoms with Crippen LogP contribution in [0.5, 0.6) is 0 Å². The first-order chi connectivity index (χ1) is 26.7. The van der Waals surface area contributed by atoms with E-state index in [4.69, 9.17) is 0 Å². The Morgan fingerprint density at radius 1 is 0.278 bits per heavy atom. The van der Waals surface area contributed by atoms with Gasteiger partial charge < -0.3 is 4.90 Å². The molecule has 0 N–H and O–H groups in total. The van der Waals surface area contributed by atoms with Gasteiger partial charge in [-0.1, -0.05) is 170 Å². The van der Waals surface area contributed by atoms with Crippen LogP contribution < -0.4 is 4.90 Å². The summed E-state index contributed by atoms with van der Waals surface area (Å²) in [5.41, 5.74) is 13.0. The SMILES string of the molecule is c1ccc(-c2ccc(-c3ccc(N(c4cccc(-c5ccc(-c6ccccc6)cc5)c4)c4ccc5ccc6c7ccccc7sc6c5c4)cc3)cc2)cc1. The van der Waals surface area contributed by atoms with E-state index in [0.29, 0.717) is 0 Å². The maximum Gasteiger partial charge on any atom is 0.0468 e. The molecule has 2 heteroatoms. The van der Waals surface area contributed by atoms with Crippen LogP contribution in [0.1, 0.15) is 0 Å². The van der Waals surface area contributed by atoms with E-state index in [-0.39, 0.29) is 0 Å². The summed E-state index contributed by atoms with van der Waals surface area (Å²) in [6, 6.07) is 77.1. The molecule has 0 saturated carbocycles. The molecule has 0 atom stereocenters. The average molecular weight is 706 g/mol. The fourth-order valence-electron chi connectivity index (χ4n) is 7.68. The van der Waals surface area contributed by atoms with Crippen molar-refractivity contribution in [1.82, 2.24) is 0 Å². The molecule has 1 heterocycles. The van der Waals surface area contributed by atoms with Crippen LogP contribution in [-0.4, -0.2) is 0 Å². The van der Waals surface area contributed by atoms with Crippen LogP contribution in [0.4, 0.5) is 17.1 Å². The van der Waals surface area contributed by atoms with Crippen LogP contribution >= 0.6 is 11.3 Å². The predicted molar refractivity (Wildman–Crippen MR) is 233 cm³/mol. The molecular formula is C52H35NS. The highest BCUT2D eigenvalue weighted by molar-refractivity contribution is 7.26. The first-order valence-corrected chi connectivity index (χ1v) is 19.2. The molecule has 0 spiro atoms. The molecule has 10 rings (SSSR count). The monoisotopic (exact) mass is 705 g/mol. The molecule has 0 fully saturated rings. The first kappa shape index (κ1) is 32.0. The summed E-state index contributed by atoms with van der Waals surface area (Å²) in [4.78, 5) is 2.40. The second-order valence-electron chi connectivity index (χ2n) is 13.8. The molecule has 0 saturated heterocycles. The lowest BCUT2D eigenvalue weighted by molar-refractivity contribution is 1.29. The van der Waals surface area contributed by atoms with Crippen molar-refractivity contribution in [2.75, 3.05) is 4.90 Å². The Hall–Kier alpha value is -6.74. The number of benzene rings is 9. The third-order valence-electron chi connectivity index (χ3n) is 10.5. The molecule has 0 aliphatic carbocycles. The lowest BCUT2D eigenvalue weighted by Crippen LogP contribution is -2.10. The zero-order valence-corrected chi connectivity index (χ0v) is 30.4. The summed E-state index contributed by atoms with van der Waals surface area (Å²) in [6.45, 7) is 0. The van der Waals surface area contributed by atoms with Crippen molar-refractivity contribution < 1.29 is 0 Å². The van der Waals surface area contributed by atoms with E-state index in [9.17, 15) is 0 Å². The van der Waals surface area contributed by atoms with Gasteiger partial charge in [-0.15, -0.1) is 11.3 Å². The quantitative estimate of drug-likeness (QED) is 0.160. The van der Waals surface area contributed by atoms with Gasteiger partial charge in [0.25, 0.3) is 0 Å². The zero-order valence-electron chi connectivity index (χ0n) is 29.6. The van der Waals surface area contributed by atoms with Crippen LogP contribution in [0.3, 0.4) is 0 Å². The third-order valence-corrected chi connectivity index (χ3v) is 11.7. The van der Waals surface area contributed by atoms with Gasteiger partial charge in [-0.2, -0.15) is 0 Å². The second-order valence-corrected chi connectivity index (χ2v) is 14.8. The Kier molecular flexibility index (Phi) is 8.09. The van der Waals surface area contributed by atoms with Crippen molar-refractivity contribution in [2.24, 2.45) is 0 Å². The minimum absolute atomic E-state index is 1.11. The van der Waals surface area contributed by atoms with Crippen molar-refractivity contribution in [2.45, 2.75) is 0 Å². The van der Waals surface area contributed by atoms with E-state index < -0.39 is 0 Å². The molecule has 0 radical (unpaired) electrons. The molecule has 10 aromatic rings. The highest BCUT2D eigenvalue weighted by Gasteiger charge is 2.17. The van der Waals surface area contributed by atoms with E-state index in [1.54, 1.807) is 0 Å². The van der Waals surface area contributed by atoms with Crippen LogP contribution in [-0.2, 0) is 0 Å². The minimum atomic E-state index is 1.11. The first-order valence-electron chi connectivity index (χ1n) is 18.4. The van der Waals surface area contributed by atoms with Crippen LogP contribution in [0, 0.1) is 0 Å². The zero-order chi connectivity index (χ0) is 35.8. The molecule has 1 aromatic heterocycles. The number of hydrogen-bond donors (Lipinski definition) is 0. The summed E-state index contributed by atoms with van der Waals surface area (Å²) in [5.74, 6) is 0. The number of rotatable bonds is 7. The van der Waals surface area contributed by atoms with Crippen molar-refractivity contribution in [3.63, 3.8) is 0 Å². The van der Waals surface area contributed by atoms with Gasteiger partial charge in [0, 0.05) is 42.6 Å². The smallest absolute Gasteiger partial charge is 0.0468 e. The highest BCUT2D eigenvalue weighted by Crippen LogP contribution is 2.43. The van der Waals surface area contributed by atoms with Gasteiger partial charge in [-0.25, -0.2) is 0 Å². The lowest BCUT2D eigenvalue weighted by Gasteiger charge is -2.26. The maximum atomic E-state index is 2.40. The van der Waals surface area contributed by atoms with Gasteiger partial charge in [-0.05, 0) is 92.4 Å². The van der Waals surface area contributed by atoms with Gasteiger partial charge in [0.15, 0.2) is 0 Å². The summed E-state index contributed by atoms with van der Waals surface area (Å²) < 4.78 is 2.65. The summed E-state index contributed by atoms with van der Waals surface area (Å²) in [7, 11) is 0. The number of thiophene rings is 1. The topological polar surface area (TPSA) is 3.24 Å². The lowest BCUT2D eigenvalue weighted by atomic mass is 9.99. The maximum absolute atomic E-state index is 2.40. The van der Waals surface area contributed by atoms with Gasteiger partial charge in [0.2, 0.25) is 0 Å². The Bertz CT molecular complexity index is 2890. The molecule has 0 amide bonds. The second kappa shape index (κ2) is 13.7. The predicted octanol–water partition coefficient (Wildman–Crippen LogP) is 15.3. The minimum Gasteiger partial charge on any atom is -0.310 e. The van der Waals surface area contributed by atoms with Gasteiger partial charge in [0.1, 0.15) is 0 Å². The van der Waals surface area contributed by atoms with Crippen molar-refractivity contribution in [3.8, 4) is 44.5 Å². The fraction of sp³-hybridized carbons (Fsp3) is 0.